The molecule has 0 saturated heterocycles. The van der Waals surface area contributed by atoms with Gasteiger partial charge in [0, 0.05) is 28.9 Å². The van der Waals surface area contributed by atoms with Crippen molar-refractivity contribution in [1.82, 2.24) is 5.32 Å². The Balaban J connectivity index is 1.88. The normalized spacial score (nSPS) is 16.4. The van der Waals surface area contributed by atoms with Crippen LogP contribution in [0.15, 0.2) is 47.4 Å². The van der Waals surface area contributed by atoms with Crippen LogP contribution in [0, 0.1) is 6.92 Å². The Morgan fingerprint density at radius 1 is 1.19 bits per heavy atom. The van der Waals surface area contributed by atoms with Crippen molar-refractivity contribution in [2.45, 2.75) is 17.9 Å². The summed E-state index contributed by atoms with van der Waals surface area (Å²) in [6, 6.07) is 14.6. The second-order valence-electron chi connectivity index (χ2n) is 5.10. The highest BCUT2D eigenvalue weighted by atomic mass is 32.2. The molecule has 0 aliphatic carbocycles. The fourth-order valence-corrected chi connectivity index (χ4v) is 3.80. The van der Waals surface area contributed by atoms with Gasteiger partial charge in [0.2, 0.25) is 0 Å². The lowest BCUT2D eigenvalue weighted by atomic mass is 10.0. The third kappa shape index (κ3) is 2.63. The Bertz CT molecular complexity index is 684. The van der Waals surface area contributed by atoms with Gasteiger partial charge in [-0.1, -0.05) is 24.3 Å². The third-order valence-electron chi connectivity index (χ3n) is 3.84. The maximum absolute atomic E-state index is 11.9. The molecule has 0 radical (unpaired) electrons. The summed E-state index contributed by atoms with van der Waals surface area (Å²) in [6.45, 7) is 1.99. The summed E-state index contributed by atoms with van der Waals surface area (Å²) in [6.07, 6.45) is 0. The molecule has 3 rings (SSSR count). The van der Waals surface area contributed by atoms with E-state index in [1.807, 2.05) is 36.9 Å². The fourth-order valence-electron chi connectivity index (χ4n) is 2.64. The van der Waals surface area contributed by atoms with Crippen molar-refractivity contribution in [2.24, 2.45) is 0 Å². The minimum atomic E-state index is -0.0441. The molecule has 0 spiro atoms. The van der Waals surface area contributed by atoms with Gasteiger partial charge in [-0.25, -0.2) is 0 Å². The van der Waals surface area contributed by atoms with E-state index >= 15 is 0 Å². The molecule has 1 amide bonds. The van der Waals surface area contributed by atoms with Crippen LogP contribution in [0.5, 0.6) is 0 Å². The molecule has 2 aromatic rings. The molecule has 2 aromatic carbocycles. The van der Waals surface area contributed by atoms with E-state index in [9.17, 15) is 4.79 Å². The van der Waals surface area contributed by atoms with Crippen molar-refractivity contribution < 1.29 is 4.79 Å². The Hall–Kier alpha value is -1.94. The third-order valence-corrected chi connectivity index (χ3v) is 5.02. The zero-order valence-electron chi connectivity index (χ0n) is 12.1. The Morgan fingerprint density at radius 2 is 2.00 bits per heavy atom. The lowest BCUT2D eigenvalue weighted by molar-refractivity contribution is 0.0962. The number of fused-ring (bicyclic) bond motifs is 1. The number of amides is 1. The van der Waals surface area contributed by atoms with Crippen LogP contribution in [-0.4, -0.2) is 18.7 Å². The molecule has 0 fully saturated rings. The number of nitrogens with one attached hydrogen (secondary N) is 2. The Labute approximate surface area is 129 Å². The number of anilines is 1. The van der Waals surface area contributed by atoms with Crippen LogP contribution >= 0.6 is 11.8 Å². The molecular weight excluding hydrogens is 280 g/mol. The number of benzene rings is 2. The van der Waals surface area contributed by atoms with Gasteiger partial charge in [-0.3, -0.25) is 4.79 Å². The first-order valence-electron chi connectivity index (χ1n) is 7.00. The summed E-state index contributed by atoms with van der Waals surface area (Å²) in [5.74, 6) is 0.973. The highest BCUT2D eigenvalue weighted by Gasteiger charge is 2.23. The molecule has 1 unspecified atom stereocenters. The van der Waals surface area contributed by atoms with E-state index < -0.39 is 0 Å². The molecule has 1 atom stereocenters. The summed E-state index contributed by atoms with van der Waals surface area (Å²) >= 11 is 1.87. The highest BCUT2D eigenvalue weighted by Crippen LogP contribution is 2.40. The van der Waals surface area contributed by atoms with E-state index in [1.165, 1.54) is 10.5 Å². The van der Waals surface area contributed by atoms with Crippen LogP contribution in [0.3, 0.4) is 0 Å². The first kappa shape index (κ1) is 14.0. The molecule has 0 bridgehead atoms. The largest absolute Gasteiger partial charge is 0.377 e. The Kier molecular flexibility index (Phi) is 3.88. The van der Waals surface area contributed by atoms with Crippen LogP contribution in [0.2, 0.25) is 0 Å². The molecule has 3 nitrogen and oxygen atoms in total. The zero-order chi connectivity index (χ0) is 14.8. The van der Waals surface area contributed by atoms with Gasteiger partial charge in [0.25, 0.3) is 5.91 Å². The smallest absolute Gasteiger partial charge is 0.251 e. The van der Waals surface area contributed by atoms with Gasteiger partial charge in [0.1, 0.15) is 0 Å². The summed E-state index contributed by atoms with van der Waals surface area (Å²) in [7, 11) is 1.66. The summed E-state index contributed by atoms with van der Waals surface area (Å²) in [5, 5.41) is 6.27. The van der Waals surface area contributed by atoms with Gasteiger partial charge < -0.3 is 10.6 Å². The van der Waals surface area contributed by atoms with Crippen LogP contribution in [0.25, 0.3) is 0 Å². The van der Waals surface area contributed by atoms with E-state index in [1.54, 1.807) is 7.05 Å². The van der Waals surface area contributed by atoms with Crippen molar-refractivity contribution in [1.29, 1.82) is 0 Å². The lowest BCUT2D eigenvalue weighted by Gasteiger charge is -2.18. The SMILES string of the molecule is CNC(=O)c1cccc(NC2CSc3ccccc32)c1C. The molecule has 4 heteroatoms. The molecule has 1 aliphatic rings. The number of carbonyl (C=O) groups excluding carboxylic acids is 1. The van der Waals surface area contributed by atoms with E-state index in [0.717, 1.165) is 22.6 Å². The van der Waals surface area contributed by atoms with E-state index in [-0.39, 0.29) is 5.91 Å². The topological polar surface area (TPSA) is 41.1 Å². The zero-order valence-corrected chi connectivity index (χ0v) is 13.0. The van der Waals surface area contributed by atoms with Crippen LogP contribution in [-0.2, 0) is 0 Å². The predicted octanol–water partition coefficient (Wildman–Crippen LogP) is 3.61. The first-order valence-corrected chi connectivity index (χ1v) is 7.99. The monoisotopic (exact) mass is 298 g/mol. The minimum absolute atomic E-state index is 0.0441. The average Bonchev–Trinajstić information content (AvgIpc) is 2.92. The number of rotatable bonds is 3. The highest BCUT2D eigenvalue weighted by molar-refractivity contribution is 7.99. The van der Waals surface area contributed by atoms with Crippen molar-refractivity contribution in [2.75, 3.05) is 18.1 Å². The first-order chi connectivity index (χ1) is 10.2. The maximum atomic E-state index is 11.9. The molecule has 1 aliphatic heterocycles. The van der Waals surface area contributed by atoms with Crippen molar-refractivity contribution >= 4 is 23.4 Å². The van der Waals surface area contributed by atoms with Crippen molar-refractivity contribution in [3.8, 4) is 0 Å². The van der Waals surface area contributed by atoms with E-state index in [2.05, 4.69) is 34.9 Å². The van der Waals surface area contributed by atoms with Gasteiger partial charge in [-0.15, -0.1) is 11.8 Å². The molecule has 2 N–H and O–H groups in total. The maximum Gasteiger partial charge on any atom is 0.251 e. The van der Waals surface area contributed by atoms with Crippen molar-refractivity contribution in [3.63, 3.8) is 0 Å². The predicted molar refractivity (Wildman–Crippen MR) is 88.1 cm³/mol. The summed E-state index contributed by atoms with van der Waals surface area (Å²) in [5.41, 5.74) is 4.08. The summed E-state index contributed by atoms with van der Waals surface area (Å²) < 4.78 is 0. The van der Waals surface area contributed by atoms with Crippen LogP contribution in [0.4, 0.5) is 5.69 Å². The number of thioether (sulfide) groups is 1. The van der Waals surface area contributed by atoms with Gasteiger partial charge in [-0.05, 0) is 36.2 Å². The lowest BCUT2D eigenvalue weighted by Crippen LogP contribution is -2.20. The molecular formula is C17H18N2OS. The number of hydrogen-bond acceptors (Lipinski definition) is 3. The standard InChI is InChI=1S/C17H18N2OS/c1-11-12(17(20)18-2)7-5-8-14(11)19-15-10-21-16-9-4-3-6-13(15)16/h3-9,15,19H,10H2,1-2H3,(H,18,20). The second kappa shape index (κ2) is 5.82. The second-order valence-corrected chi connectivity index (χ2v) is 6.16. The number of carbonyl (C=O) groups is 1. The number of hydrogen-bond donors (Lipinski definition) is 2. The quantitative estimate of drug-likeness (QED) is 0.909. The average molecular weight is 298 g/mol. The van der Waals surface area contributed by atoms with Crippen LogP contribution in [0.1, 0.15) is 27.5 Å². The minimum Gasteiger partial charge on any atom is -0.377 e. The molecule has 21 heavy (non-hydrogen) atoms. The van der Waals surface area contributed by atoms with Gasteiger partial charge in [0.05, 0.1) is 6.04 Å². The van der Waals surface area contributed by atoms with Crippen molar-refractivity contribution in [3.05, 3.63) is 59.2 Å². The van der Waals surface area contributed by atoms with Crippen LogP contribution < -0.4 is 10.6 Å². The van der Waals surface area contributed by atoms with E-state index in [0.29, 0.717) is 6.04 Å². The molecule has 1 heterocycles. The van der Waals surface area contributed by atoms with Gasteiger partial charge in [-0.2, -0.15) is 0 Å². The fraction of sp³-hybridized carbons (Fsp3) is 0.235. The van der Waals surface area contributed by atoms with E-state index in [4.69, 9.17) is 0 Å². The van der Waals surface area contributed by atoms with Gasteiger partial charge >= 0.3 is 0 Å². The van der Waals surface area contributed by atoms with Gasteiger partial charge in [0.15, 0.2) is 0 Å². The summed E-state index contributed by atoms with van der Waals surface area (Å²) in [4.78, 5) is 13.2. The molecule has 0 saturated carbocycles. The Morgan fingerprint density at radius 3 is 2.81 bits per heavy atom. The molecule has 108 valence electrons. The molecule has 0 aromatic heterocycles.